The van der Waals surface area contributed by atoms with Crippen molar-refractivity contribution in [3.8, 4) is 0 Å². The summed E-state index contributed by atoms with van der Waals surface area (Å²) in [5.74, 6) is 0.133. The first-order chi connectivity index (χ1) is 8.65. The second-order valence-corrected chi connectivity index (χ2v) is 7.90. The summed E-state index contributed by atoms with van der Waals surface area (Å²) < 4.78 is 26.0. The van der Waals surface area contributed by atoms with Gasteiger partial charge in [-0.2, -0.15) is 0 Å². The monoisotopic (exact) mass is 285 g/mol. The lowest BCUT2D eigenvalue weighted by Crippen LogP contribution is -2.28. The molecule has 0 saturated heterocycles. The predicted molar refractivity (Wildman–Crippen MR) is 83.1 cm³/mol. The molecular weight excluding hydrogens is 258 g/mol. The van der Waals surface area contributed by atoms with Crippen molar-refractivity contribution in [2.24, 2.45) is 0 Å². The Morgan fingerprint density at radius 3 is 2.16 bits per heavy atom. The molecule has 19 heavy (non-hydrogen) atoms. The molecule has 4 heteroatoms. The Labute approximate surface area is 119 Å². The van der Waals surface area contributed by atoms with Gasteiger partial charge in [-0.1, -0.05) is 58.9 Å². The summed E-state index contributed by atoms with van der Waals surface area (Å²) in [5, 5.41) is 0. The molecule has 0 spiro atoms. The molecule has 0 radical (unpaired) electrons. The fraction of sp³-hybridized carbons (Fsp3) is 0.600. The Kier molecular flexibility index (Phi) is 5.16. The maximum Gasteiger partial charge on any atom is 0.212 e. The Balaban J connectivity index is 0.00000361. The van der Waals surface area contributed by atoms with Crippen LogP contribution < -0.4 is 4.72 Å². The van der Waals surface area contributed by atoms with Gasteiger partial charge < -0.3 is 0 Å². The van der Waals surface area contributed by atoms with E-state index in [-0.39, 0.29) is 18.5 Å². The van der Waals surface area contributed by atoms with Crippen LogP contribution in [0.15, 0.2) is 24.3 Å². The fourth-order valence-corrected chi connectivity index (χ4v) is 3.42. The highest BCUT2D eigenvalue weighted by Gasteiger charge is 2.17. The van der Waals surface area contributed by atoms with Gasteiger partial charge in [0.05, 0.1) is 5.75 Å². The first-order valence-electron chi connectivity index (χ1n) is 6.73. The third-order valence-corrected chi connectivity index (χ3v) is 4.85. The maximum atomic E-state index is 11.7. The van der Waals surface area contributed by atoms with Gasteiger partial charge in [-0.15, -0.1) is 0 Å². The van der Waals surface area contributed by atoms with E-state index in [0.29, 0.717) is 6.54 Å². The van der Waals surface area contributed by atoms with Gasteiger partial charge in [-0.25, -0.2) is 13.1 Å². The second kappa shape index (κ2) is 6.06. The minimum absolute atomic E-state index is 0. The van der Waals surface area contributed by atoms with Crippen molar-refractivity contribution >= 4 is 10.0 Å². The highest BCUT2D eigenvalue weighted by Crippen LogP contribution is 2.24. The summed E-state index contributed by atoms with van der Waals surface area (Å²) in [6.45, 7) is 10.7. The molecule has 0 fully saturated rings. The molecule has 0 bridgehead atoms. The van der Waals surface area contributed by atoms with E-state index in [1.165, 1.54) is 5.56 Å². The number of nitrogens with one attached hydrogen (secondary N) is 1. The second-order valence-electron chi connectivity index (χ2n) is 6.05. The topological polar surface area (TPSA) is 46.2 Å². The molecule has 1 N–H and O–H groups in total. The zero-order valence-electron chi connectivity index (χ0n) is 12.5. The zero-order chi connectivity index (χ0) is 14.7. The lowest BCUT2D eigenvalue weighted by Gasteiger charge is -2.20. The molecule has 0 saturated carbocycles. The SMILES string of the molecule is CCNS(=O)(=O)CC(C)c1ccc(C(C)(C)C)cc1.[HH]. The maximum absolute atomic E-state index is 11.7. The first kappa shape index (κ1) is 16.2. The van der Waals surface area contributed by atoms with E-state index in [9.17, 15) is 8.42 Å². The molecule has 0 aliphatic rings. The van der Waals surface area contributed by atoms with Gasteiger partial charge in [-0.05, 0) is 22.5 Å². The van der Waals surface area contributed by atoms with E-state index in [1.54, 1.807) is 6.92 Å². The van der Waals surface area contributed by atoms with Crippen LogP contribution in [-0.4, -0.2) is 20.7 Å². The fourth-order valence-electron chi connectivity index (χ4n) is 2.02. The lowest BCUT2D eigenvalue weighted by atomic mass is 9.86. The number of hydrogen-bond donors (Lipinski definition) is 1. The highest BCUT2D eigenvalue weighted by molar-refractivity contribution is 7.89. The number of hydrogen-bond acceptors (Lipinski definition) is 2. The molecule has 1 unspecified atom stereocenters. The summed E-state index contributed by atoms with van der Waals surface area (Å²) in [7, 11) is -3.17. The molecule has 1 aromatic rings. The predicted octanol–water partition coefficient (Wildman–Crippen LogP) is 3.27. The summed E-state index contributed by atoms with van der Waals surface area (Å²) in [6.07, 6.45) is 0. The van der Waals surface area contributed by atoms with Crippen molar-refractivity contribution in [1.29, 1.82) is 0 Å². The van der Waals surface area contributed by atoms with Crippen LogP contribution in [0.5, 0.6) is 0 Å². The Morgan fingerprint density at radius 1 is 1.21 bits per heavy atom. The zero-order valence-corrected chi connectivity index (χ0v) is 13.3. The van der Waals surface area contributed by atoms with E-state index >= 15 is 0 Å². The van der Waals surface area contributed by atoms with E-state index in [0.717, 1.165) is 5.56 Å². The van der Waals surface area contributed by atoms with Gasteiger partial charge in [0, 0.05) is 7.97 Å². The third kappa shape index (κ3) is 4.96. The summed E-state index contributed by atoms with van der Waals surface area (Å²) in [5.41, 5.74) is 2.45. The molecule has 1 atom stereocenters. The molecule has 110 valence electrons. The average Bonchev–Trinajstić information content (AvgIpc) is 2.27. The highest BCUT2D eigenvalue weighted by atomic mass is 32.2. The van der Waals surface area contributed by atoms with Gasteiger partial charge in [0.1, 0.15) is 0 Å². The van der Waals surface area contributed by atoms with Gasteiger partial charge in [0.2, 0.25) is 10.0 Å². The summed E-state index contributed by atoms with van der Waals surface area (Å²) in [4.78, 5) is 0. The average molecular weight is 285 g/mol. The van der Waals surface area contributed by atoms with Gasteiger partial charge >= 0.3 is 0 Å². The van der Waals surface area contributed by atoms with Crippen LogP contribution in [0, 0.1) is 0 Å². The van der Waals surface area contributed by atoms with Crippen LogP contribution in [0.3, 0.4) is 0 Å². The largest absolute Gasteiger partial charge is 0.215 e. The molecule has 0 aliphatic heterocycles. The van der Waals surface area contributed by atoms with Crippen LogP contribution in [0.4, 0.5) is 0 Å². The quantitative estimate of drug-likeness (QED) is 0.902. The van der Waals surface area contributed by atoms with E-state index in [1.807, 2.05) is 19.1 Å². The number of benzene rings is 1. The minimum Gasteiger partial charge on any atom is -0.215 e. The lowest BCUT2D eigenvalue weighted by molar-refractivity contribution is 0.577. The van der Waals surface area contributed by atoms with Crippen LogP contribution in [0.1, 0.15) is 53.1 Å². The molecule has 0 aromatic heterocycles. The molecule has 0 heterocycles. The Hall–Kier alpha value is -0.870. The standard InChI is InChI=1S/C15H25NO2S.H2/c1-6-16-19(17,18)11-12(2)13-7-9-14(10-8-13)15(3,4)5;/h7-10,12,16H,6,11H2,1-5H3;1H. The van der Waals surface area contributed by atoms with Crippen molar-refractivity contribution in [3.05, 3.63) is 35.4 Å². The molecule has 1 aromatic carbocycles. The normalized spacial score (nSPS) is 14.4. The van der Waals surface area contributed by atoms with Crippen LogP contribution in [0.2, 0.25) is 0 Å². The smallest absolute Gasteiger partial charge is 0.212 e. The van der Waals surface area contributed by atoms with Crippen molar-refractivity contribution in [2.45, 2.75) is 46.0 Å². The van der Waals surface area contributed by atoms with Crippen LogP contribution >= 0.6 is 0 Å². The van der Waals surface area contributed by atoms with Crippen molar-refractivity contribution in [3.63, 3.8) is 0 Å². The molecule has 0 amide bonds. The van der Waals surface area contributed by atoms with Crippen LogP contribution in [-0.2, 0) is 15.4 Å². The van der Waals surface area contributed by atoms with E-state index in [2.05, 4.69) is 37.6 Å². The van der Waals surface area contributed by atoms with Crippen molar-refractivity contribution < 1.29 is 9.84 Å². The molecule has 1 rings (SSSR count). The van der Waals surface area contributed by atoms with Gasteiger partial charge in [-0.3, -0.25) is 0 Å². The van der Waals surface area contributed by atoms with Gasteiger partial charge in [0.15, 0.2) is 0 Å². The summed E-state index contributed by atoms with van der Waals surface area (Å²) >= 11 is 0. The molecular formula is C15H27NO2S. The number of rotatable bonds is 5. The summed E-state index contributed by atoms with van der Waals surface area (Å²) in [6, 6.07) is 8.25. The van der Waals surface area contributed by atoms with Crippen molar-refractivity contribution in [2.75, 3.05) is 12.3 Å². The van der Waals surface area contributed by atoms with E-state index in [4.69, 9.17) is 0 Å². The van der Waals surface area contributed by atoms with Gasteiger partial charge in [0.25, 0.3) is 0 Å². The third-order valence-electron chi connectivity index (χ3n) is 3.18. The molecule has 3 nitrogen and oxygen atoms in total. The minimum atomic E-state index is -3.17. The number of sulfonamides is 1. The molecule has 0 aliphatic carbocycles. The first-order valence-corrected chi connectivity index (χ1v) is 8.38. The van der Waals surface area contributed by atoms with E-state index < -0.39 is 10.0 Å². The Morgan fingerprint density at radius 2 is 1.74 bits per heavy atom. The Bertz CT molecular complexity index is 504. The van der Waals surface area contributed by atoms with Crippen LogP contribution in [0.25, 0.3) is 0 Å². The van der Waals surface area contributed by atoms with Crippen molar-refractivity contribution in [1.82, 2.24) is 4.72 Å².